The van der Waals surface area contributed by atoms with Crippen molar-refractivity contribution in [3.05, 3.63) is 0 Å². The average Bonchev–Trinajstić information content (AvgIpc) is 2.83. The molecule has 1 amide bonds. The van der Waals surface area contributed by atoms with E-state index in [1.807, 2.05) is 34.6 Å². The van der Waals surface area contributed by atoms with Crippen molar-refractivity contribution in [1.82, 2.24) is 5.32 Å². The van der Waals surface area contributed by atoms with Crippen molar-refractivity contribution >= 4 is 11.8 Å². The van der Waals surface area contributed by atoms with Gasteiger partial charge in [0.15, 0.2) is 5.90 Å². The Morgan fingerprint density at radius 2 is 1.82 bits per heavy atom. The Labute approximate surface area is 134 Å². The van der Waals surface area contributed by atoms with Crippen LogP contribution in [-0.2, 0) is 9.53 Å². The van der Waals surface area contributed by atoms with Gasteiger partial charge in [0, 0.05) is 0 Å². The first-order valence-corrected chi connectivity index (χ1v) is 7.93. The molecule has 1 unspecified atom stereocenters. The predicted molar refractivity (Wildman–Crippen MR) is 88.9 cm³/mol. The van der Waals surface area contributed by atoms with E-state index in [2.05, 4.69) is 31.1 Å². The van der Waals surface area contributed by atoms with Gasteiger partial charge in [0.1, 0.15) is 12.0 Å². The van der Waals surface area contributed by atoms with Crippen LogP contribution in [0.4, 0.5) is 0 Å². The molecule has 22 heavy (non-hydrogen) atoms. The SMILES string of the molecule is CC(C)(C(=O)N[C@H](CO)C(C)(C)C)C1=NC(C(C)(C)C)CO1. The highest BCUT2D eigenvalue weighted by atomic mass is 16.5. The third-order valence-electron chi connectivity index (χ3n) is 4.29. The molecule has 2 N–H and O–H groups in total. The summed E-state index contributed by atoms with van der Waals surface area (Å²) in [6, 6.07) is -0.245. The molecule has 1 aliphatic heterocycles. The lowest BCUT2D eigenvalue weighted by Gasteiger charge is -2.33. The number of aliphatic hydroxyl groups is 1. The third-order valence-corrected chi connectivity index (χ3v) is 4.29. The van der Waals surface area contributed by atoms with Crippen molar-refractivity contribution in [2.24, 2.45) is 21.2 Å². The molecule has 0 aromatic carbocycles. The molecule has 0 aromatic rings. The fourth-order valence-corrected chi connectivity index (χ4v) is 2.13. The molecular formula is C17H32N2O3. The summed E-state index contributed by atoms with van der Waals surface area (Å²) in [5.74, 6) is 0.310. The standard InChI is InChI=1S/C17H32N2O3/c1-15(2,3)11(9-20)18-13(21)17(7,8)14-19-12(10-22-14)16(4,5)6/h11-12,20H,9-10H2,1-8H3,(H,18,21)/t11-,12?/m1/s1. The van der Waals surface area contributed by atoms with Gasteiger partial charge < -0.3 is 15.2 Å². The summed E-state index contributed by atoms with van der Waals surface area (Å²) in [4.78, 5) is 17.3. The van der Waals surface area contributed by atoms with Gasteiger partial charge >= 0.3 is 0 Å². The van der Waals surface area contributed by atoms with Gasteiger partial charge in [-0.1, -0.05) is 41.5 Å². The fourth-order valence-electron chi connectivity index (χ4n) is 2.13. The van der Waals surface area contributed by atoms with Gasteiger partial charge in [-0.2, -0.15) is 0 Å². The normalized spacial score (nSPS) is 21.1. The maximum absolute atomic E-state index is 12.6. The first-order valence-electron chi connectivity index (χ1n) is 7.93. The number of hydrogen-bond acceptors (Lipinski definition) is 4. The smallest absolute Gasteiger partial charge is 0.235 e. The molecule has 1 heterocycles. The summed E-state index contributed by atoms with van der Waals surface area (Å²) in [5, 5.41) is 12.4. The van der Waals surface area contributed by atoms with Gasteiger partial charge in [0.25, 0.3) is 0 Å². The quantitative estimate of drug-likeness (QED) is 0.837. The van der Waals surface area contributed by atoms with Crippen LogP contribution in [-0.4, -0.2) is 42.2 Å². The number of amides is 1. The fraction of sp³-hybridized carbons (Fsp3) is 0.882. The Morgan fingerprint density at radius 1 is 1.27 bits per heavy atom. The maximum Gasteiger partial charge on any atom is 0.235 e. The summed E-state index contributed by atoms with van der Waals surface area (Å²) in [5.41, 5.74) is -1.06. The molecule has 0 bridgehead atoms. The van der Waals surface area contributed by atoms with Crippen LogP contribution < -0.4 is 5.32 Å². The monoisotopic (exact) mass is 312 g/mol. The summed E-state index contributed by atoms with van der Waals surface area (Å²) in [7, 11) is 0. The number of ether oxygens (including phenoxy) is 1. The van der Waals surface area contributed by atoms with E-state index in [0.717, 1.165) is 0 Å². The Bertz CT molecular complexity index is 442. The van der Waals surface area contributed by atoms with Crippen LogP contribution in [0.3, 0.4) is 0 Å². The van der Waals surface area contributed by atoms with Crippen LogP contribution in [0.25, 0.3) is 0 Å². The minimum Gasteiger partial charge on any atom is -0.478 e. The van der Waals surface area contributed by atoms with Gasteiger partial charge in [-0.15, -0.1) is 0 Å². The Balaban J connectivity index is 2.88. The topological polar surface area (TPSA) is 70.9 Å². The summed E-state index contributed by atoms with van der Waals surface area (Å²) < 4.78 is 5.71. The molecule has 0 aliphatic carbocycles. The molecule has 0 fully saturated rings. The molecule has 2 atom stereocenters. The van der Waals surface area contributed by atoms with Crippen molar-refractivity contribution in [1.29, 1.82) is 0 Å². The van der Waals surface area contributed by atoms with E-state index in [4.69, 9.17) is 4.74 Å². The summed E-state index contributed by atoms with van der Waals surface area (Å²) in [6.45, 7) is 16.3. The van der Waals surface area contributed by atoms with E-state index in [1.165, 1.54) is 0 Å². The largest absolute Gasteiger partial charge is 0.478 e. The lowest BCUT2D eigenvalue weighted by Crippen LogP contribution is -2.52. The number of aliphatic hydroxyl groups excluding tert-OH is 1. The molecule has 0 spiro atoms. The van der Waals surface area contributed by atoms with Crippen molar-refractivity contribution in [3.8, 4) is 0 Å². The highest BCUT2D eigenvalue weighted by Crippen LogP contribution is 2.31. The van der Waals surface area contributed by atoms with Crippen LogP contribution >= 0.6 is 0 Å². The van der Waals surface area contributed by atoms with Gasteiger partial charge in [-0.05, 0) is 24.7 Å². The summed E-state index contributed by atoms with van der Waals surface area (Å²) in [6.07, 6.45) is 0. The van der Waals surface area contributed by atoms with Gasteiger partial charge in [0.05, 0.1) is 18.7 Å². The van der Waals surface area contributed by atoms with Crippen LogP contribution in [0.15, 0.2) is 4.99 Å². The molecule has 0 radical (unpaired) electrons. The van der Waals surface area contributed by atoms with E-state index < -0.39 is 5.41 Å². The zero-order valence-electron chi connectivity index (χ0n) is 15.3. The van der Waals surface area contributed by atoms with E-state index in [-0.39, 0.29) is 35.4 Å². The molecule has 0 saturated carbocycles. The zero-order chi connectivity index (χ0) is 17.3. The summed E-state index contributed by atoms with van der Waals surface area (Å²) >= 11 is 0. The minimum atomic E-state index is -0.849. The zero-order valence-corrected chi connectivity index (χ0v) is 15.3. The Hall–Kier alpha value is -1.10. The van der Waals surface area contributed by atoms with Gasteiger partial charge in [-0.3, -0.25) is 4.79 Å². The van der Waals surface area contributed by atoms with Crippen LogP contribution in [0.1, 0.15) is 55.4 Å². The number of carbonyl (C=O) groups excluding carboxylic acids is 1. The van der Waals surface area contributed by atoms with Crippen molar-refractivity contribution in [2.75, 3.05) is 13.2 Å². The molecular weight excluding hydrogens is 280 g/mol. The van der Waals surface area contributed by atoms with Crippen LogP contribution in [0.5, 0.6) is 0 Å². The molecule has 0 aromatic heterocycles. The minimum absolute atomic E-state index is 0.00729. The van der Waals surface area contributed by atoms with Crippen LogP contribution in [0.2, 0.25) is 0 Å². The van der Waals surface area contributed by atoms with E-state index in [9.17, 15) is 9.90 Å². The lowest BCUT2D eigenvalue weighted by molar-refractivity contribution is -0.128. The molecule has 0 saturated heterocycles. The third kappa shape index (κ3) is 4.22. The number of nitrogens with zero attached hydrogens (tertiary/aromatic N) is 1. The van der Waals surface area contributed by atoms with Gasteiger partial charge in [0.2, 0.25) is 5.91 Å². The second kappa shape index (κ2) is 6.19. The van der Waals surface area contributed by atoms with E-state index >= 15 is 0 Å². The first-order chi connectivity index (χ1) is 9.80. The highest BCUT2D eigenvalue weighted by molar-refractivity contribution is 6.04. The number of hydrogen-bond donors (Lipinski definition) is 2. The molecule has 1 rings (SSSR count). The Morgan fingerprint density at radius 3 is 2.18 bits per heavy atom. The number of carbonyl (C=O) groups is 1. The van der Waals surface area contributed by atoms with E-state index in [1.54, 1.807) is 0 Å². The lowest BCUT2D eigenvalue weighted by atomic mass is 9.85. The average molecular weight is 312 g/mol. The van der Waals surface area contributed by atoms with Gasteiger partial charge in [-0.25, -0.2) is 4.99 Å². The number of aliphatic imine (C=N–C) groups is 1. The Kier molecular flexibility index (Phi) is 5.33. The van der Waals surface area contributed by atoms with Crippen molar-refractivity contribution in [2.45, 2.75) is 67.5 Å². The second-order valence-corrected chi connectivity index (χ2v) is 8.83. The van der Waals surface area contributed by atoms with Crippen molar-refractivity contribution in [3.63, 3.8) is 0 Å². The molecule has 5 heteroatoms. The predicted octanol–water partition coefficient (Wildman–Crippen LogP) is 2.38. The maximum atomic E-state index is 12.6. The molecule has 5 nitrogen and oxygen atoms in total. The number of rotatable bonds is 4. The van der Waals surface area contributed by atoms with Crippen molar-refractivity contribution < 1.29 is 14.6 Å². The number of nitrogens with one attached hydrogen (secondary N) is 1. The molecule has 128 valence electrons. The van der Waals surface area contributed by atoms with E-state index in [0.29, 0.717) is 12.5 Å². The second-order valence-electron chi connectivity index (χ2n) is 8.83. The highest BCUT2D eigenvalue weighted by Gasteiger charge is 2.42. The van der Waals surface area contributed by atoms with Crippen LogP contribution in [0, 0.1) is 16.2 Å². The first kappa shape index (κ1) is 18.9. The molecule has 1 aliphatic rings.